The predicted molar refractivity (Wildman–Crippen MR) is 59.1 cm³/mol. The van der Waals surface area contributed by atoms with Crippen molar-refractivity contribution in [3.63, 3.8) is 0 Å². The highest BCUT2D eigenvalue weighted by molar-refractivity contribution is 5.95. The topological polar surface area (TPSA) is 93.0 Å². The van der Waals surface area contributed by atoms with Crippen LogP contribution in [0.2, 0.25) is 0 Å². The van der Waals surface area contributed by atoms with Crippen LogP contribution in [0.5, 0.6) is 0 Å². The van der Waals surface area contributed by atoms with Gasteiger partial charge in [0.25, 0.3) is 0 Å². The van der Waals surface area contributed by atoms with Crippen LogP contribution in [0.25, 0.3) is 11.0 Å². The lowest BCUT2D eigenvalue weighted by atomic mass is 10.3. The summed E-state index contributed by atoms with van der Waals surface area (Å²) in [5.74, 6) is 1.34. The number of hydrogen-bond donors (Lipinski definition) is 2. The lowest BCUT2D eigenvalue weighted by Crippen LogP contribution is -2.36. The zero-order valence-corrected chi connectivity index (χ0v) is 8.68. The molecule has 0 atom stereocenters. The van der Waals surface area contributed by atoms with Crippen molar-refractivity contribution in [1.29, 1.82) is 0 Å². The number of aromatic nitrogens is 4. The Bertz CT molecular complexity index is 504. The van der Waals surface area contributed by atoms with Crippen molar-refractivity contribution in [3.05, 3.63) is 6.33 Å². The largest absolute Gasteiger partial charge is 0.383 e. The zero-order valence-electron chi connectivity index (χ0n) is 8.68. The molecule has 1 saturated heterocycles. The molecule has 0 bridgehead atoms. The summed E-state index contributed by atoms with van der Waals surface area (Å²) in [5, 5.41) is 7.53. The van der Waals surface area contributed by atoms with Crippen LogP contribution in [-0.4, -0.2) is 46.5 Å². The molecule has 84 valence electrons. The SMILES string of the molecule is Nc1[nH]nc2ncnc(N3CCOCC3)c12. The van der Waals surface area contributed by atoms with Crippen LogP contribution in [0.4, 0.5) is 11.6 Å². The maximum absolute atomic E-state index is 5.83. The summed E-state index contributed by atoms with van der Waals surface area (Å²) < 4.78 is 5.31. The second-order valence-corrected chi connectivity index (χ2v) is 3.63. The van der Waals surface area contributed by atoms with E-state index in [9.17, 15) is 0 Å². The molecule has 7 heteroatoms. The summed E-state index contributed by atoms with van der Waals surface area (Å²) in [6.07, 6.45) is 1.51. The lowest BCUT2D eigenvalue weighted by molar-refractivity contribution is 0.122. The molecule has 3 N–H and O–H groups in total. The fourth-order valence-corrected chi connectivity index (χ4v) is 1.88. The molecule has 7 nitrogen and oxygen atoms in total. The smallest absolute Gasteiger partial charge is 0.188 e. The van der Waals surface area contributed by atoms with Gasteiger partial charge in [0.1, 0.15) is 23.3 Å². The molecule has 0 unspecified atom stereocenters. The highest BCUT2D eigenvalue weighted by Gasteiger charge is 2.18. The van der Waals surface area contributed by atoms with Crippen LogP contribution in [0, 0.1) is 0 Å². The molecule has 1 aliphatic rings. The Hall–Kier alpha value is -1.89. The van der Waals surface area contributed by atoms with E-state index in [1.54, 1.807) is 0 Å². The minimum Gasteiger partial charge on any atom is -0.383 e. The Morgan fingerprint density at radius 3 is 2.94 bits per heavy atom. The van der Waals surface area contributed by atoms with Crippen LogP contribution in [0.15, 0.2) is 6.33 Å². The predicted octanol–water partition coefficient (Wildman–Crippen LogP) is -0.228. The Labute approximate surface area is 91.6 Å². The van der Waals surface area contributed by atoms with Crippen LogP contribution in [0.3, 0.4) is 0 Å². The number of nitrogen functional groups attached to an aromatic ring is 1. The number of morpholine rings is 1. The number of rotatable bonds is 1. The number of nitrogens with two attached hydrogens (primary N) is 1. The fourth-order valence-electron chi connectivity index (χ4n) is 1.88. The Morgan fingerprint density at radius 1 is 1.31 bits per heavy atom. The van der Waals surface area contributed by atoms with Gasteiger partial charge in [-0.15, -0.1) is 0 Å². The number of aromatic amines is 1. The molecule has 0 aromatic carbocycles. The quantitative estimate of drug-likeness (QED) is 0.689. The van der Waals surface area contributed by atoms with Gasteiger partial charge < -0.3 is 15.4 Å². The van der Waals surface area contributed by atoms with Gasteiger partial charge in [0.05, 0.1) is 13.2 Å². The van der Waals surface area contributed by atoms with Gasteiger partial charge in [-0.05, 0) is 0 Å². The molecule has 1 aliphatic heterocycles. The van der Waals surface area contributed by atoms with Crippen molar-refractivity contribution in [2.45, 2.75) is 0 Å². The summed E-state index contributed by atoms with van der Waals surface area (Å²) in [5.41, 5.74) is 6.43. The van der Waals surface area contributed by atoms with Gasteiger partial charge in [0.2, 0.25) is 0 Å². The number of ether oxygens (including phenoxy) is 1. The molecular formula is C9H12N6O. The number of anilines is 2. The molecule has 0 radical (unpaired) electrons. The summed E-state index contributed by atoms with van der Waals surface area (Å²) in [6.45, 7) is 3.06. The van der Waals surface area contributed by atoms with Gasteiger partial charge in [0, 0.05) is 13.1 Å². The molecule has 16 heavy (non-hydrogen) atoms. The zero-order chi connectivity index (χ0) is 11.0. The van der Waals surface area contributed by atoms with E-state index in [1.807, 2.05) is 0 Å². The Kier molecular flexibility index (Phi) is 2.10. The standard InChI is InChI=1S/C9H12N6O/c10-7-6-8(14-13-7)11-5-12-9(6)15-1-3-16-4-2-15/h5H,1-4H2,(H3,10,11,12,13,14). The maximum Gasteiger partial charge on any atom is 0.188 e. The van der Waals surface area contributed by atoms with E-state index in [4.69, 9.17) is 10.5 Å². The van der Waals surface area contributed by atoms with Crippen LogP contribution in [-0.2, 0) is 4.74 Å². The number of nitrogens with one attached hydrogen (secondary N) is 1. The van der Waals surface area contributed by atoms with Gasteiger partial charge in [-0.1, -0.05) is 0 Å². The lowest BCUT2D eigenvalue weighted by Gasteiger charge is -2.27. The molecule has 1 fully saturated rings. The Morgan fingerprint density at radius 2 is 2.12 bits per heavy atom. The summed E-state index contributed by atoms with van der Waals surface area (Å²) in [4.78, 5) is 10.5. The van der Waals surface area contributed by atoms with Crippen molar-refractivity contribution in [2.24, 2.45) is 0 Å². The van der Waals surface area contributed by atoms with Crippen molar-refractivity contribution in [3.8, 4) is 0 Å². The van der Waals surface area contributed by atoms with E-state index in [0.29, 0.717) is 24.7 Å². The highest BCUT2D eigenvalue weighted by Crippen LogP contribution is 2.26. The maximum atomic E-state index is 5.83. The third-order valence-electron chi connectivity index (χ3n) is 2.67. The monoisotopic (exact) mass is 220 g/mol. The minimum atomic E-state index is 0.511. The first-order valence-corrected chi connectivity index (χ1v) is 5.13. The van der Waals surface area contributed by atoms with E-state index in [1.165, 1.54) is 6.33 Å². The average Bonchev–Trinajstić information content (AvgIpc) is 2.73. The minimum absolute atomic E-state index is 0.511. The van der Waals surface area contributed by atoms with Crippen molar-refractivity contribution in [2.75, 3.05) is 36.9 Å². The van der Waals surface area contributed by atoms with Gasteiger partial charge in [-0.2, -0.15) is 5.10 Å². The van der Waals surface area contributed by atoms with Gasteiger partial charge >= 0.3 is 0 Å². The summed E-state index contributed by atoms with van der Waals surface area (Å²) in [6, 6.07) is 0. The van der Waals surface area contributed by atoms with Crippen LogP contribution >= 0.6 is 0 Å². The van der Waals surface area contributed by atoms with Crippen molar-refractivity contribution >= 4 is 22.7 Å². The number of nitrogens with zero attached hydrogens (tertiary/aromatic N) is 4. The van der Waals surface area contributed by atoms with Gasteiger partial charge in [-0.3, -0.25) is 5.10 Å². The van der Waals surface area contributed by atoms with Gasteiger partial charge in [0.15, 0.2) is 5.65 Å². The first-order valence-electron chi connectivity index (χ1n) is 5.13. The molecule has 0 aliphatic carbocycles. The summed E-state index contributed by atoms with van der Waals surface area (Å²) in [7, 11) is 0. The third kappa shape index (κ3) is 1.36. The molecule has 3 heterocycles. The molecule has 0 amide bonds. The van der Waals surface area contributed by atoms with E-state index in [2.05, 4.69) is 25.1 Å². The first-order chi connectivity index (χ1) is 7.86. The van der Waals surface area contributed by atoms with Crippen LogP contribution in [0.1, 0.15) is 0 Å². The first kappa shape index (κ1) is 9.34. The number of hydrogen-bond acceptors (Lipinski definition) is 6. The average molecular weight is 220 g/mol. The molecular weight excluding hydrogens is 208 g/mol. The fraction of sp³-hybridized carbons (Fsp3) is 0.444. The van der Waals surface area contributed by atoms with Crippen molar-refractivity contribution < 1.29 is 4.74 Å². The van der Waals surface area contributed by atoms with E-state index < -0.39 is 0 Å². The van der Waals surface area contributed by atoms with Gasteiger partial charge in [-0.25, -0.2) is 9.97 Å². The molecule has 0 spiro atoms. The van der Waals surface area contributed by atoms with E-state index in [0.717, 1.165) is 24.3 Å². The highest BCUT2D eigenvalue weighted by atomic mass is 16.5. The number of H-pyrrole nitrogens is 1. The molecule has 0 saturated carbocycles. The Balaban J connectivity index is 2.10. The van der Waals surface area contributed by atoms with E-state index >= 15 is 0 Å². The second-order valence-electron chi connectivity index (χ2n) is 3.63. The molecule has 2 aromatic heterocycles. The molecule has 2 aromatic rings. The number of fused-ring (bicyclic) bond motifs is 1. The molecule has 3 rings (SSSR count). The summed E-state index contributed by atoms with van der Waals surface area (Å²) >= 11 is 0. The van der Waals surface area contributed by atoms with Crippen molar-refractivity contribution in [1.82, 2.24) is 20.2 Å². The van der Waals surface area contributed by atoms with E-state index in [-0.39, 0.29) is 0 Å². The van der Waals surface area contributed by atoms with Crippen LogP contribution < -0.4 is 10.6 Å². The second kappa shape index (κ2) is 3.60. The third-order valence-corrected chi connectivity index (χ3v) is 2.67. The normalized spacial score (nSPS) is 16.9.